The third-order valence-electron chi connectivity index (χ3n) is 16.4. The number of phosphoric acid groups is 2. The summed E-state index contributed by atoms with van der Waals surface area (Å²) in [6.45, 7) is 14.1. The zero-order chi connectivity index (χ0) is 66.1. The molecule has 0 aromatic rings. The zero-order valence-corrected chi connectivity index (χ0v) is 59.8. The number of hydrogen-bond acceptors (Lipinski definition) is 15. The van der Waals surface area contributed by atoms with Gasteiger partial charge in [0.15, 0.2) is 12.2 Å². The fourth-order valence-corrected chi connectivity index (χ4v) is 12.0. The summed E-state index contributed by atoms with van der Waals surface area (Å²) in [5, 5.41) is 10.6. The van der Waals surface area contributed by atoms with Crippen molar-refractivity contribution in [1.29, 1.82) is 0 Å². The molecule has 0 aliphatic rings. The molecule has 0 saturated carbocycles. The number of ether oxygens (including phenoxy) is 4. The number of hydrogen-bond donors (Lipinski definition) is 3. The highest BCUT2D eigenvalue weighted by atomic mass is 31.2. The molecule has 0 spiro atoms. The molecule has 19 heteroatoms. The van der Waals surface area contributed by atoms with Gasteiger partial charge >= 0.3 is 39.5 Å². The van der Waals surface area contributed by atoms with Crippen molar-refractivity contribution in [2.75, 3.05) is 39.6 Å². The van der Waals surface area contributed by atoms with Crippen LogP contribution in [0.5, 0.6) is 0 Å². The highest BCUT2D eigenvalue weighted by molar-refractivity contribution is 7.47. The first-order valence-electron chi connectivity index (χ1n) is 36.2. The molecule has 0 aliphatic heterocycles. The molecule has 17 nitrogen and oxygen atoms in total. The third kappa shape index (κ3) is 63.2. The fourth-order valence-electron chi connectivity index (χ4n) is 10.5. The summed E-state index contributed by atoms with van der Waals surface area (Å²) in [5.41, 5.74) is 0. The standard InChI is InChI=1S/C70H136O17P2/c1-9-63(8)49-41-33-25-17-11-13-19-27-36-44-52-69(74)86-66(57-81-68(73)51-43-35-29-21-24-32-40-48-62(6)7)59-85-89(78,79)83-55-64(71)54-82-88(76,77)84-58-65(87-70(75)53-45-37-28-20-14-16-23-31-39-47-61(4)5)56-80-67(72)50-42-34-26-18-12-10-15-22-30-38-46-60(2)3/h60-66,71H,9-59H2,1-8H3,(H,76,77)(H,78,79)/t63?,64?,65-,66-/m1/s1. The number of carbonyl (C=O) groups is 4. The molecule has 0 aromatic heterocycles. The van der Waals surface area contributed by atoms with Crippen LogP contribution in [0.2, 0.25) is 0 Å². The van der Waals surface area contributed by atoms with Crippen LogP contribution in [0.15, 0.2) is 0 Å². The number of carbonyl (C=O) groups excluding carboxylic acids is 4. The average Bonchev–Trinajstić information content (AvgIpc) is 3.58. The monoisotopic (exact) mass is 1310 g/mol. The molecule has 0 radical (unpaired) electrons. The van der Waals surface area contributed by atoms with Gasteiger partial charge in [-0.15, -0.1) is 0 Å². The normalized spacial score (nSPS) is 14.6. The summed E-state index contributed by atoms with van der Waals surface area (Å²) in [5.74, 6) is 0.873. The van der Waals surface area contributed by atoms with Gasteiger partial charge in [-0.25, -0.2) is 9.13 Å². The van der Waals surface area contributed by atoms with E-state index in [-0.39, 0.29) is 25.7 Å². The summed E-state index contributed by atoms with van der Waals surface area (Å²) in [4.78, 5) is 72.5. The van der Waals surface area contributed by atoms with Gasteiger partial charge in [-0.05, 0) is 49.4 Å². The van der Waals surface area contributed by atoms with Crippen LogP contribution in [0.4, 0.5) is 0 Å². The molecule has 0 aliphatic carbocycles. The van der Waals surface area contributed by atoms with Crippen molar-refractivity contribution in [2.45, 2.75) is 363 Å². The van der Waals surface area contributed by atoms with Crippen LogP contribution in [0, 0.1) is 23.7 Å². The molecule has 0 fully saturated rings. The van der Waals surface area contributed by atoms with E-state index in [1.165, 1.54) is 141 Å². The maximum atomic E-state index is 13.0. The van der Waals surface area contributed by atoms with Gasteiger partial charge in [0.2, 0.25) is 0 Å². The van der Waals surface area contributed by atoms with Gasteiger partial charge < -0.3 is 33.8 Å². The van der Waals surface area contributed by atoms with Crippen LogP contribution >= 0.6 is 15.6 Å². The van der Waals surface area contributed by atoms with Crippen molar-refractivity contribution in [3.05, 3.63) is 0 Å². The van der Waals surface area contributed by atoms with E-state index >= 15 is 0 Å². The van der Waals surface area contributed by atoms with Crippen LogP contribution in [-0.4, -0.2) is 96.7 Å². The minimum Gasteiger partial charge on any atom is -0.462 e. The van der Waals surface area contributed by atoms with E-state index in [4.69, 9.17) is 37.0 Å². The topological polar surface area (TPSA) is 237 Å². The summed E-state index contributed by atoms with van der Waals surface area (Å²) >= 11 is 0. The van der Waals surface area contributed by atoms with Crippen LogP contribution in [0.1, 0.15) is 344 Å². The summed E-state index contributed by atoms with van der Waals surface area (Å²) < 4.78 is 68.3. The molecule has 0 amide bonds. The van der Waals surface area contributed by atoms with Gasteiger partial charge in [-0.2, -0.15) is 0 Å². The predicted molar refractivity (Wildman–Crippen MR) is 358 cm³/mol. The van der Waals surface area contributed by atoms with Crippen molar-refractivity contribution in [3.63, 3.8) is 0 Å². The van der Waals surface area contributed by atoms with E-state index < -0.39 is 97.5 Å². The first kappa shape index (κ1) is 87.1. The van der Waals surface area contributed by atoms with Crippen molar-refractivity contribution in [1.82, 2.24) is 0 Å². The molecule has 4 unspecified atom stereocenters. The minimum atomic E-state index is -4.95. The maximum Gasteiger partial charge on any atom is 0.472 e. The first-order chi connectivity index (χ1) is 42.6. The Labute approximate surface area is 543 Å². The van der Waals surface area contributed by atoms with Gasteiger partial charge in [-0.1, -0.05) is 293 Å². The molecule has 3 N–H and O–H groups in total. The lowest BCUT2D eigenvalue weighted by molar-refractivity contribution is -0.161. The maximum absolute atomic E-state index is 13.0. The lowest BCUT2D eigenvalue weighted by Gasteiger charge is -2.21. The molecule has 0 bridgehead atoms. The van der Waals surface area contributed by atoms with Gasteiger partial charge in [0.05, 0.1) is 26.4 Å². The van der Waals surface area contributed by atoms with E-state index in [2.05, 4.69) is 55.4 Å². The summed E-state index contributed by atoms with van der Waals surface area (Å²) in [6.07, 6.45) is 41.7. The Morgan fingerprint density at radius 1 is 0.315 bits per heavy atom. The molecule has 528 valence electrons. The molecule has 0 saturated heterocycles. The smallest absolute Gasteiger partial charge is 0.462 e. The van der Waals surface area contributed by atoms with Gasteiger partial charge in [0.25, 0.3) is 0 Å². The van der Waals surface area contributed by atoms with Crippen LogP contribution in [0.25, 0.3) is 0 Å². The largest absolute Gasteiger partial charge is 0.472 e. The Kier molecular flexibility index (Phi) is 58.5. The number of aliphatic hydroxyl groups excluding tert-OH is 1. The van der Waals surface area contributed by atoms with Crippen molar-refractivity contribution in [2.24, 2.45) is 23.7 Å². The second-order valence-corrected chi connectivity index (χ2v) is 29.8. The average molecular weight is 1310 g/mol. The Bertz CT molecular complexity index is 1770. The molecule has 0 heterocycles. The number of esters is 4. The molecule has 6 atom stereocenters. The lowest BCUT2D eigenvalue weighted by Crippen LogP contribution is -2.30. The van der Waals surface area contributed by atoms with Crippen LogP contribution in [-0.2, 0) is 65.4 Å². The number of aliphatic hydroxyl groups is 1. The highest BCUT2D eigenvalue weighted by Gasteiger charge is 2.30. The molecule has 0 aromatic carbocycles. The third-order valence-corrected chi connectivity index (χ3v) is 18.3. The second kappa shape index (κ2) is 59.8. The van der Waals surface area contributed by atoms with E-state index in [9.17, 15) is 43.2 Å². The summed E-state index contributed by atoms with van der Waals surface area (Å²) in [6, 6.07) is 0. The van der Waals surface area contributed by atoms with Crippen LogP contribution in [0.3, 0.4) is 0 Å². The van der Waals surface area contributed by atoms with E-state index in [1.807, 2.05) is 0 Å². The second-order valence-electron chi connectivity index (χ2n) is 26.9. The van der Waals surface area contributed by atoms with Crippen molar-refractivity contribution in [3.8, 4) is 0 Å². The first-order valence-corrected chi connectivity index (χ1v) is 39.2. The number of phosphoric ester groups is 2. The Balaban J connectivity index is 5.26. The van der Waals surface area contributed by atoms with Crippen molar-refractivity contribution < 1.29 is 80.2 Å². The predicted octanol–water partition coefficient (Wildman–Crippen LogP) is 19.7. The van der Waals surface area contributed by atoms with Gasteiger partial charge in [-0.3, -0.25) is 37.3 Å². The van der Waals surface area contributed by atoms with E-state index in [1.54, 1.807) is 0 Å². The molecular formula is C70H136O17P2. The number of unbranched alkanes of at least 4 members (excludes halogenated alkanes) is 32. The molecule has 89 heavy (non-hydrogen) atoms. The minimum absolute atomic E-state index is 0.104. The Hall–Kier alpha value is -1.94. The zero-order valence-electron chi connectivity index (χ0n) is 58.1. The van der Waals surface area contributed by atoms with Crippen molar-refractivity contribution >= 4 is 39.5 Å². The van der Waals surface area contributed by atoms with E-state index in [0.717, 1.165) is 114 Å². The van der Waals surface area contributed by atoms with Gasteiger partial charge in [0, 0.05) is 25.7 Å². The Morgan fingerprint density at radius 2 is 0.539 bits per heavy atom. The number of rotatable bonds is 67. The van der Waals surface area contributed by atoms with Gasteiger partial charge in [0.1, 0.15) is 19.3 Å². The molecule has 0 rings (SSSR count). The highest BCUT2D eigenvalue weighted by Crippen LogP contribution is 2.45. The summed E-state index contributed by atoms with van der Waals surface area (Å²) in [7, 11) is -9.90. The fraction of sp³-hybridized carbons (Fsp3) is 0.943. The van der Waals surface area contributed by atoms with Crippen LogP contribution < -0.4 is 0 Å². The Morgan fingerprint density at radius 3 is 0.798 bits per heavy atom. The molecular weight excluding hydrogens is 1170 g/mol. The SMILES string of the molecule is CCC(C)CCCCCCCCCCCCC(=O)O[C@H](COC(=O)CCCCCCCCCC(C)C)COP(=O)(O)OCC(O)COP(=O)(O)OC[C@@H](COC(=O)CCCCCCCCCCCCC(C)C)OC(=O)CCCCCCCCCCCC(C)C. The lowest BCUT2D eigenvalue weighted by atomic mass is 9.99. The quantitative estimate of drug-likeness (QED) is 0.0222. The van der Waals surface area contributed by atoms with E-state index in [0.29, 0.717) is 31.6 Å².